The fourth-order valence-corrected chi connectivity index (χ4v) is 3.18. The van der Waals surface area contributed by atoms with E-state index in [0.29, 0.717) is 16.1 Å². The van der Waals surface area contributed by atoms with Gasteiger partial charge in [-0.05, 0) is 47.5 Å². The highest BCUT2D eigenvalue weighted by atomic mass is 35.5. The average molecular weight is 359 g/mol. The monoisotopic (exact) mass is 358 g/mol. The van der Waals surface area contributed by atoms with Crippen LogP contribution < -0.4 is 4.90 Å². The standard InChI is InChI=1S/C21H11ClN2O2/c22-16-8-5-13(6-9-16)14-7-10-19(15(11-14)12-23)24-20(25)17-3-1-2-4-18(17)21(24)26/h1-11H. The Balaban J connectivity index is 1.79. The third-order valence-corrected chi connectivity index (χ3v) is 4.58. The normalized spacial score (nSPS) is 12.8. The van der Waals surface area contributed by atoms with Crippen molar-refractivity contribution in [3.8, 4) is 17.2 Å². The predicted molar refractivity (Wildman–Crippen MR) is 99.2 cm³/mol. The molecule has 5 heteroatoms. The summed E-state index contributed by atoms with van der Waals surface area (Å²) in [6.45, 7) is 0. The van der Waals surface area contributed by atoms with Crippen molar-refractivity contribution in [1.82, 2.24) is 0 Å². The van der Waals surface area contributed by atoms with Crippen molar-refractivity contribution in [2.24, 2.45) is 0 Å². The summed E-state index contributed by atoms with van der Waals surface area (Å²) < 4.78 is 0. The molecule has 26 heavy (non-hydrogen) atoms. The van der Waals surface area contributed by atoms with Crippen LogP contribution in [0.4, 0.5) is 5.69 Å². The first-order valence-electron chi connectivity index (χ1n) is 7.88. The Morgan fingerprint density at radius 3 is 1.96 bits per heavy atom. The quantitative estimate of drug-likeness (QED) is 0.625. The van der Waals surface area contributed by atoms with Crippen molar-refractivity contribution < 1.29 is 9.59 Å². The number of benzene rings is 3. The summed E-state index contributed by atoms with van der Waals surface area (Å²) in [5, 5.41) is 10.2. The van der Waals surface area contributed by atoms with Crippen LogP contribution >= 0.6 is 11.6 Å². The first-order valence-corrected chi connectivity index (χ1v) is 8.26. The Morgan fingerprint density at radius 2 is 1.38 bits per heavy atom. The van der Waals surface area contributed by atoms with E-state index in [1.165, 1.54) is 0 Å². The van der Waals surface area contributed by atoms with Crippen LogP contribution in [0.25, 0.3) is 11.1 Å². The van der Waals surface area contributed by atoms with Crippen LogP contribution in [0.2, 0.25) is 5.02 Å². The van der Waals surface area contributed by atoms with Crippen LogP contribution in [0.15, 0.2) is 66.7 Å². The summed E-state index contributed by atoms with van der Waals surface area (Å²) in [6, 6.07) is 21.0. The maximum absolute atomic E-state index is 12.6. The molecule has 0 aromatic heterocycles. The zero-order valence-corrected chi connectivity index (χ0v) is 14.2. The van der Waals surface area contributed by atoms with Gasteiger partial charge in [-0.1, -0.05) is 41.9 Å². The smallest absolute Gasteiger partial charge is 0.266 e. The highest BCUT2D eigenvalue weighted by Gasteiger charge is 2.37. The fraction of sp³-hybridized carbons (Fsp3) is 0. The van der Waals surface area contributed by atoms with Crippen molar-refractivity contribution in [3.05, 3.63) is 88.4 Å². The number of carbonyl (C=O) groups is 2. The third kappa shape index (κ3) is 2.46. The van der Waals surface area contributed by atoms with Crippen LogP contribution in [0, 0.1) is 11.3 Å². The van der Waals surface area contributed by atoms with Crippen LogP contribution in [-0.2, 0) is 0 Å². The number of nitrogens with zero attached hydrogens (tertiary/aromatic N) is 2. The predicted octanol–water partition coefficient (Wildman–Crippen LogP) is 4.68. The van der Waals surface area contributed by atoms with E-state index in [1.807, 2.05) is 12.1 Å². The largest absolute Gasteiger partial charge is 0.268 e. The zero-order chi connectivity index (χ0) is 18.3. The van der Waals surface area contributed by atoms with E-state index in [9.17, 15) is 14.9 Å². The minimum atomic E-state index is -0.415. The van der Waals surface area contributed by atoms with Gasteiger partial charge < -0.3 is 0 Å². The zero-order valence-electron chi connectivity index (χ0n) is 13.4. The molecule has 0 spiro atoms. The third-order valence-electron chi connectivity index (χ3n) is 4.33. The number of hydrogen-bond acceptors (Lipinski definition) is 3. The highest BCUT2D eigenvalue weighted by molar-refractivity contribution is 6.34. The van der Waals surface area contributed by atoms with Crippen LogP contribution in [0.5, 0.6) is 0 Å². The lowest BCUT2D eigenvalue weighted by Gasteiger charge is -2.16. The Kier molecular flexibility index (Phi) is 3.80. The van der Waals surface area contributed by atoms with Crippen LogP contribution in [0.3, 0.4) is 0 Å². The molecule has 0 N–H and O–H groups in total. The number of nitriles is 1. The molecular weight excluding hydrogens is 348 g/mol. The molecule has 4 rings (SSSR count). The lowest BCUT2D eigenvalue weighted by Crippen LogP contribution is -2.30. The fourth-order valence-electron chi connectivity index (χ4n) is 3.05. The topological polar surface area (TPSA) is 61.2 Å². The first kappa shape index (κ1) is 16.1. The molecule has 1 heterocycles. The summed E-state index contributed by atoms with van der Waals surface area (Å²) in [5.41, 5.74) is 2.94. The van der Waals surface area contributed by atoms with Crippen molar-refractivity contribution in [2.45, 2.75) is 0 Å². The first-order chi connectivity index (χ1) is 12.6. The molecule has 124 valence electrons. The Morgan fingerprint density at radius 1 is 0.808 bits per heavy atom. The summed E-state index contributed by atoms with van der Waals surface area (Å²) in [5.74, 6) is -0.831. The van der Waals surface area contributed by atoms with Gasteiger partial charge in [-0.2, -0.15) is 5.26 Å². The highest BCUT2D eigenvalue weighted by Crippen LogP contribution is 2.33. The summed E-state index contributed by atoms with van der Waals surface area (Å²) in [7, 11) is 0. The van der Waals surface area contributed by atoms with Gasteiger partial charge in [0.05, 0.1) is 22.4 Å². The van der Waals surface area contributed by atoms with Crippen LogP contribution in [0.1, 0.15) is 26.3 Å². The van der Waals surface area contributed by atoms with Crippen molar-refractivity contribution >= 4 is 29.1 Å². The molecule has 0 bridgehead atoms. The Hall–Kier alpha value is -3.42. The molecular formula is C21H11ClN2O2. The van der Waals surface area contributed by atoms with Crippen LogP contribution in [-0.4, -0.2) is 11.8 Å². The summed E-state index contributed by atoms with van der Waals surface area (Å²) in [4.78, 5) is 26.4. The summed E-state index contributed by atoms with van der Waals surface area (Å²) >= 11 is 5.91. The van der Waals surface area contributed by atoms with E-state index < -0.39 is 11.8 Å². The van der Waals surface area contributed by atoms with Gasteiger partial charge in [-0.15, -0.1) is 0 Å². The maximum Gasteiger partial charge on any atom is 0.266 e. The van der Waals surface area contributed by atoms with Gasteiger partial charge in [-0.3, -0.25) is 9.59 Å². The van der Waals surface area contributed by atoms with E-state index in [2.05, 4.69) is 6.07 Å². The number of imide groups is 1. The SMILES string of the molecule is N#Cc1cc(-c2ccc(Cl)cc2)ccc1N1C(=O)c2ccccc2C1=O. The van der Waals surface area contributed by atoms with E-state index in [4.69, 9.17) is 11.6 Å². The molecule has 0 atom stereocenters. The minimum Gasteiger partial charge on any atom is -0.268 e. The Bertz CT molecular complexity index is 1060. The number of amides is 2. The van der Waals surface area contributed by atoms with Gasteiger partial charge in [0.1, 0.15) is 6.07 Å². The second-order valence-corrected chi connectivity index (χ2v) is 6.28. The van der Waals surface area contributed by atoms with Gasteiger partial charge in [0.15, 0.2) is 0 Å². The van der Waals surface area contributed by atoms with Gasteiger partial charge in [0, 0.05) is 5.02 Å². The number of anilines is 1. The maximum atomic E-state index is 12.6. The molecule has 0 saturated heterocycles. The number of carbonyl (C=O) groups excluding carboxylic acids is 2. The number of rotatable bonds is 2. The number of hydrogen-bond donors (Lipinski definition) is 0. The minimum absolute atomic E-state index is 0.256. The van der Waals surface area contributed by atoms with E-state index in [0.717, 1.165) is 16.0 Å². The van der Waals surface area contributed by atoms with E-state index >= 15 is 0 Å². The number of fused-ring (bicyclic) bond motifs is 1. The summed E-state index contributed by atoms with van der Waals surface area (Å²) in [6.07, 6.45) is 0. The van der Waals surface area contributed by atoms with Crippen molar-refractivity contribution in [1.29, 1.82) is 5.26 Å². The van der Waals surface area contributed by atoms with Crippen molar-refractivity contribution in [3.63, 3.8) is 0 Å². The lowest BCUT2D eigenvalue weighted by atomic mass is 10.0. The molecule has 3 aromatic rings. The molecule has 0 unspecified atom stereocenters. The lowest BCUT2D eigenvalue weighted by molar-refractivity contribution is 0.0926. The molecule has 3 aromatic carbocycles. The van der Waals surface area contributed by atoms with Gasteiger partial charge >= 0.3 is 0 Å². The van der Waals surface area contributed by atoms with Gasteiger partial charge in [0.25, 0.3) is 11.8 Å². The molecule has 2 amide bonds. The van der Waals surface area contributed by atoms with Gasteiger partial charge in [0.2, 0.25) is 0 Å². The van der Waals surface area contributed by atoms with E-state index in [1.54, 1.807) is 54.6 Å². The second-order valence-electron chi connectivity index (χ2n) is 5.84. The molecule has 0 radical (unpaired) electrons. The molecule has 0 saturated carbocycles. The van der Waals surface area contributed by atoms with Gasteiger partial charge in [-0.25, -0.2) is 4.90 Å². The molecule has 0 fully saturated rings. The molecule has 1 aliphatic rings. The molecule has 0 aliphatic carbocycles. The second kappa shape index (κ2) is 6.14. The van der Waals surface area contributed by atoms with Crippen molar-refractivity contribution in [2.75, 3.05) is 4.90 Å². The van der Waals surface area contributed by atoms with E-state index in [-0.39, 0.29) is 11.3 Å². The molecule has 1 aliphatic heterocycles. The molecule has 4 nitrogen and oxygen atoms in total. The Labute approximate surface area is 154 Å². The average Bonchev–Trinajstić information content (AvgIpc) is 2.93. The number of halogens is 1.